The fraction of sp³-hybridized carbons (Fsp3) is 0.415. The molecule has 1 aromatic heterocycles. The van der Waals surface area contributed by atoms with Crippen LogP contribution in [0.25, 0.3) is 22.3 Å². The van der Waals surface area contributed by atoms with E-state index in [1.165, 1.54) is 12.1 Å². The first-order valence-electron chi connectivity index (χ1n) is 23.0. The number of aryl methyl sites for hydroxylation is 1. The second-order valence-corrected chi connectivity index (χ2v) is 19.3. The lowest BCUT2D eigenvalue weighted by molar-refractivity contribution is -0.00682. The van der Waals surface area contributed by atoms with Crippen LogP contribution in [0, 0.1) is 6.92 Å². The number of ether oxygens (including phenoxy) is 8. The molecule has 0 saturated carbocycles. The van der Waals surface area contributed by atoms with E-state index in [0.717, 1.165) is 32.7 Å². The van der Waals surface area contributed by atoms with Crippen LogP contribution in [-0.4, -0.2) is 103 Å². The molecule has 1 heterocycles. The van der Waals surface area contributed by atoms with Crippen molar-refractivity contribution in [3.05, 3.63) is 126 Å². The van der Waals surface area contributed by atoms with Gasteiger partial charge in [0.25, 0.3) is 10.1 Å². The maximum absolute atomic E-state index is 13.9. The third kappa shape index (κ3) is 17.9. The molecule has 0 bridgehead atoms. The van der Waals surface area contributed by atoms with Gasteiger partial charge in [-0.15, -0.1) is 0 Å². The van der Waals surface area contributed by atoms with Crippen LogP contribution in [0.4, 0.5) is 15.4 Å². The van der Waals surface area contributed by atoms with Crippen LogP contribution >= 0.6 is 0 Å². The highest BCUT2D eigenvalue weighted by Gasteiger charge is 2.36. The fourth-order valence-corrected chi connectivity index (χ4v) is 7.53. The number of aromatic nitrogens is 1. The molecule has 4 aromatic carbocycles. The van der Waals surface area contributed by atoms with E-state index >= 15 is 0 Å². The summed E-state index contributed by atoms with van der Waals surface area (Å²) in [5.74, 6) is 1.37. The number of pyridine rings is 1. The van der Waals surface area contributed by atoms with Crippen molar-refractivity contribution >= 4 is 28.1 Å². The van der Waals surface area contributed by atoms with E-state index in [-0.39, 0.29) is 23.9 Å². The van der Waals surface area contributed by atoms with E-state index in [9.17, 15) is 18.0 Å². The van der Waals surface area contributed by atoms with Crippen LogP contribution < -0.4 is 14.4 Å². The topological polar surface area (TPSA) is 167 Å². The number of benzene rings is 4. The van der Waals surface area contributed by atoms with Crippen LogP contribution in [0.15, 0.2) is 114 Å². The predicted octanol–water partition coefficient (Wildman–Crippen LogP) is 10.4. The normalized spacial score (nSPS) is 11.8. The van der Waals surface area contributed by atoms with E-state index in [1.54, 1.807) is 59.9 Å². The van der Waals surface area contributed by atoms with Gasteiger partial charge >= 0.3 is 12.2 Å². The summed E-state index contributed by atoms with van der Waals surface area (Å²) in [4.78, 5) is 33.6. The number of hydrogen-bond donors (Lipinski definition) is 0. The van der Waals surface area contributed by atoms with Gasteiger partial charge in [0.1, 0.15) is 35.9 Å². The summed E-state index contributed by atoms with van der Waals surface area (Å²) in [6.45, 7) is 17.5. The molecular formula is C53H66N2O13S. The van der Waals surface area contributed by atoms with Crippen molar-refractivity contribution < 1.29 is 60.1 Å². The molecular weight excluding hydrogens is 905 g/mol. The highest BCUT2D eigenvalue weighted by molar-refractivity contribution is 7.86. The third-order valence-electron chi connectivity index (χ3n) is 9.83. The number of amides is 2. The summed E-state index contributed by atoms with van der Waals surface area (Å²) in [5.41, 5.74) is 3.93. The van der Waals surface area contributed by atoms with Crippen molar-refractivity contribution in [2.24, 2.45) is 0 Å². The van der Waals surface area contributed by atoms with Crippen LogP contribution in [0.5, 0.6) is 11.5 Å². The Balaban J connectivity index is 1.13. The van der Waals surface area contributed by atoms with Crippen LogP contribution in [0.1, 0.15) is 65.2 Å². The lowest BCUT2D eigenvalue weighted by Gasteiger charge is -2.30. The molecule has 0 N–H and O–H groups in total. The zero-order valence-corrected chi connectivity index (χ0v) is 41.8. The molecule has 5 rings (SSSR count). The first-order valence-corrected chi connectivity index (χ1v) is 24.4. The summed E-state index contributed by atoms with van der Waals surface area (Å²) >= 11 is 0. The second-order valence-electron chi connectivity index (χ2n) is 17.7. The van der Waals surface area contributed by atoms with Crippen molar-refractivity contribution in [1.29, 1.82) is 0 Å². The van der Waals surface area contributed by atoms with Gasteiger partial charge in [0.05, 0.1) is 64.4 Å². The quantitative estimate of drug-likeness (QED) is 0.0400. The monoisotopic (exact) mass is 970 g/mol. The molecule has 2 amide bonds. The Bertz CT molecular complexity index is 2440. The summed E-state index contributed by atoms with van der Waals surface area (Å²) in [7, 11) is -3.82. The molecule has 0 aliphatic carbocycles. The molecule has 0 aliphatic heterocycles. The van der Waals surface area contributed by atoms with Crippen molar-refractivity contribution in [3.8, 4) is 33.8 Å². The number of rotatable bonds is 25. The average molecular weight is 971 g/mol. The van der Waals surface area contributed by atoms with Crippen LogP contribution in [0.2, 0.25) is 0 Å². The number of imide groups is 1. The lowest BCUT2D eigenvalue weighted by atomic mass is 9.91. The van der Waals surface area contributed by atoms with Gasteiger partial charge < -0.3 is 37.9 Å². The number of hydrogen-bond acceptors (Lipinski definition) is 14. The fourth-order valence-electron chi connectivity index (χ4n) is 6.63. The predicted molar refractivity (Wildman–Crippen MR) is 263 cm³/mol. The maximum atomic E-state index is 13.9. The van der Waals surface area contributed by atoms with Gasteiger partial charge in [-0.3, -0.25) is 4.18 Å². The van der Waals surface area contributed by atoms with Crippen molar-refractivity contribution in [2.75, 3.05) is 71.0 Å². The van der Waals surface area contributed by atoms with E-state index in [4.69, 9.17) is 47.1 Å². The van der Waals surface area contributed by atoms with E-state index in [0.29, 0.717) is 88.5 Å². The van der Waals surface area contributed by atoms with E-state index in [2.05, 4.69) is 0 Å². The van der Waals surface area contributed by atoms with Gasteiger partial charge in [-0.25, -0.2) is 14.6 Å². The Labute approximate surface area is 407 Å². The Morgan fingerprint density at radius 2 is 1.06 bits per heavy atom. The van der Waals surface area contributed by atoms with Gasteiger partial charge in [0.2, 0.25) is 0 Å². The zero-order chi connectivity index (χ0) is 49.9. The van der Waals surface area contributed by atoms with Crippen molar-refractivity contribution in [2.45, 2.75) is 84.5 Å². The van der Waals surface area contributed by atoms with Gasteiger partial charge in [-0.1, -0.05) is 79.2 Å². The minimum atomic E-state index is -3.82. The first kappa shape index (κ1) is 54.1. The largest absolute Gasteiger partial charge is 0.491 e. The summed E-state index contributed by atoms with van der Waals surface area (Å²) in [6.07, 6.45) is 0.352. The standard InChI is InChI=1S/C53H66N2O13S/c1-9-46-47(41-17-21-43(22-18-41)64-35-33-62-31-29-60-27-28-61-30-32-63-34-36-66-69(58,59)45-25-15-39(2)16-26-45)37-54-49(55(50(56)67-52(3,4)5)51(57)68-53(6,7)8)48(46)42-19-23-44(24-20-42)65-38-40-13-11-10-12-14-40/h10-26,37H,9,27-36,38H2,1-8H3. The maximum Gasteiger partial charge on any atom is 0.425 e. The molecule has 15 nitrogen and oxygen atoms in total. The molecule has 0 fully saturated rings. The van der Waals surface area contributed by atoms with Gasteiger partial charge in [0, 0.05) is 17.3 Å². The Morgan fingerprint density at radius 1 is 0.580 bits per heavy atom. The molecule has 0 unspecified atom stereocenters. The third-order valence-corrected chi connectivity index (χ3v) is 11.2. The summed E-state index contributed by atoms with van der Waals surface area (Å²) < 4.78 is 75.2. The SMILES string of the molecule is CCc1c(-c2ccc(OCCOCCOCCOCCOCCOS(=O)(=O)c3ccc(C)cc3)cc2)cnc(N(C(=O)OC(C)(C)C)C(=O)OC(C)(C)C)c1-c1ccc(OCc2ccccc2)cc1. The van der Waals surface area contributed by atoms with Crippen molar-refractivity contribution in [3.63, 3.8) is 0 Å². The highest BCUT2D eigenvalue weighted by Crippen LogP contribution is 2.40. The molecule has 0 saturated heterocycles. The second kappa shape index (κ2) is 26.2. The molecule has 5 aromatic rings. The molecule has 0 aliphatic rings. The zero-order valence-electron chi connectivity index (χ0n) is 41.0. The Hall–Kier alpha value is -5.88. The minimum Gasteiger partial charge on any atom is -0.491 e. The number of carbonyl (C=O) groups is 2. The molecule has 69 heavy (non-hydrogen) atoms. The molecule has 0 atom stereocenters. The van der Waals surface area contributed by atoms with Gasteiger partial charge in [-0.2, -0.15) is 13.3 Å². The average Bonchev–Trinajstić information content (AvgIpc) is 3.30. The smallest absolute Gasteiger partial charge is 0.425 e. The Morgan fingerprint density at radius 3 is 1.57 bits per heavy atom. The first-order chi connectivity index (χ1) is 32.9. The highest BCUT2D eigenvalue weighted by atomic mass is 32.2. The Kier molecular flexibility index (Phi) is 20.5. The van der Waals surface area contributed by atoms with Gasteiger partial charge in [0.15, 0.2) is 5.82 Å². The number of carbonyl (C=O) groups excluding carboxylic acids is 2. The van der Waals surface area contributed by atoms with E-state index < -0.39 is 33.5 Å². The van der Waals surface area contributed by atoms with Crippen LogP contribution in [0.3, 0.4) is 0 Å². The minimum absolute atomic E-state index is 0.0767. The van der Waals surface area contributed by atoms with Gasteiger partial charge in [-0.05, 0) is 114 Å². The molecule has 16 heteroatoms. The summed E-state index contributed by atoms with van der Waals surface area (Å²) in [6, 6.07) is 31.4. The molecule has 0 spiro atoms. The number of nitrogens with zero attached hydrogens (tertiary/aromatic N) is 2. The number of anilines is 1. The van der Waals surface area contributed by atoms with Crippen molar-refractivity contribution in [1.82, 2.24) is 4.98 Å². The molecule has 372 valence electrons. The molecule has 0 radical (unpaired) electrons. The van der Waals surface area contributed by atoms with Crippen LogP contribution in [-0.2, 0) is 55.8 Å². The van der Waals surface area contributed by atoms with E-state index in [1.807, 2.05) is 92.7 Å². The lowest BCUT2D eigenvalue weighted by Crippen LogP contribution is -2.44. The summed E-state index contributed by atoms with van der Waals surface area (Å²) in [5, 5.41) is 0.